The lowest BCUT2D eigenvalue weighted by Gasteiger charge is -2.27. The van der Waals surface area contributed by atoms with Crippen LogP contribution >= 0.6 is 0 Å². The molecule has 194 valence electrons. The molecule has 3 aromatic rings. The fourth-order valence-corrected chi connectivity index (χ4v) is 4.76. The van der Waals surface area contributed by atoms with Crippen molar-refractivity contribution in [3.8, 4) is 0 Å². The molecule has 1 saturated heterocycles. The van der Waals surface area contributed by atoms with Gasteiger partial charge in [0.05, 0.1) is 24.2 Å². The van der Waals surface area contributed by atoms with E-state index in [9.17, 15) is 9.59 Å². The maximum Gasteiger partial charge on any atom is 0.267 e. The molecule has 1 amide bonds. The van der Waals surface area contributed by atoms with Gasteiger partial charge in [-0.25, -0.2) is 4.98 Å². The van der Waals surface area contributed by atoms with Gasteiger partial charge in [0.25, 0.3) is 11.5 Å². The smallest absolute Gasteiger partial charge is 0.267 e. The highest BCUT2D eigenvalue weighted by molar-refractivity contribution is 5.96. The number of hydrogen-bond acceptors (Lipinski definition) is 6. The normalized spacial score (nSPS) is 14.5. The SMILES string of the molecule is CCCCCCCCNC(=O)c1cc2c(=O)n3cccc(C)c3nc2n(CCN2CCOCC2)c1=N. The van der Waals surface area contributed by atoms with E-state index in [4.69, 9.17) is 15.1 Å². The van der Waals surface area contributed by atoms with Crippen LogP contribution in [0.2, 0.25) is 0 Å². The number of unbranched alkanes of at least 4 members (excludes halogenated alkanes) is 5. The molecule has 0 unspecified atom stereocenters. The maximum atomic E-state index is 13.5. The Hall–Kier alpha value is -3.04. The average molecular weight is 495 g/mol. The number of hydrogen-bond donors (Lipinski definition) is 2. The fraction of sp³-hybridized carbons (Fsp3) is 0.556. The van der Waals surface area contributed by atoms with E-state index >= 15 is 0 Å². The van der Waals surface area contributed by atoms with E-state index in [1.807, 2.05) is 19.1 Å². The Morgan fingerprint density at radius 1 is 1.11 bits per heavy atom. The zero-order valence-corrected chi connectivity index (χ0v) is 21.5. The van der Waals surface area contributed by atoms with Crippen molar-refractivity contribution >= 4 is 22.6 Å². The summed E-state index contributed by atoms with van der Waals surface area (Å²) in [5.41, 5.74) is 1.95. The number of amides is 1. The molecule has 4 heterocycles. The number of ether oxygens (including phenoxy) is 1. The molecule has 0 bridgehead atoms. The number of nitrogens with one attached hydrogen (secondary N) is 2. The molecular formula is C27H38N6O3. The highest BCUT2D eigenvalue weighted by Gasteiger charge is 2.19. The third-order valence-electron chi connectivity index (χ3n) is 6.94. The second-order valence-corrected chi connectivity index (χ2v) is 9.57. The lowest BCUT2D eigenvalue weighted by Crippen LogP contribution is -2.41. The predicted molar refractivity (Wildman–Crippen MR) is 141 cm³/mol. The second kappa shape index (κ2) is 12.3. The van der Waals surface area contributed by atoms with Crippen molar-refractivity contribution in [3.63, 3.8) is 0 Å². The third kappa shape index (κ3) is 5.84. The van der Waals surface area contributed by atoms with Gasteiger partial charge in [-0.1, -0.05) is 45.1 Å². The molecule has 3 aromatic heterocycles. The molecule has 0 aliphatic carbocycles. The van der Waals surface area contributed by atoms with E-state index in [0.29, 0.717) is 49.5 Å². The Labute approximate surface area is 211 Å². The molecule has 0 aromatic carbocycles. The molecule has 0 saturated carbocycles. The van der Waals surface area contributed by atoms with Crippen LogP contribution in [-0.4, -0.2) is 64.2 Å². The molecule has 4 rings (SSSR count). The Bertz CT molecular complexity index is 1320. The minimum absolute atomic E-state index is 0.0843. The Kier molecular flexibility index (Phi) is 8.88. The zero-order valence-electron chi connectivity index (χ0n) is 21.5. The van der Waals surface area contributed by atoms with E-state index in [1.165, 1.54) is 30.1 Å². The van der Waals surface area contributed by atoms with Crippen LogP contribution in [0.3, 0.4) is 0 Å². The summed E-state index contributed by atoms with van der Waals surface area (Å²) < 4.78 is 8.69. The molecule has 9 heteroatoms. The van der Waals surface area contributed by atoms with Gasteiger partial charge in [0.15, 0.2) is 0 Å². The fourth-order valence-electron chi connectivity index (χ4n) is 4.76. The molecule has 0 atom stereocenters. The summed E-state index contributed by atoms with van der Waals surface area (Å²) in [6, 6.07) is 5.28. The number of fused-ring (bicyclic) bond motifs is 2. The third-order valence-corrected chi connectivity index (χ3v) is 6.94. The van der Waals surface area contributed by atoms with Crippen molar-refractivity contribution in [2.75, 3.05) is 39.4 Å². The highest BCUT2D eigenvalue weighted by Crippen LogP contribution is 2.13. The molecule has 0 radical (unpaired) electrons. The minimum atomic E-state index is -0.315. The molecule has 2 N–H and O–H groups in total. The maximum absolute atomic E-state index is 13.5. The van der Waals surface area contributed by atoms with Crippen LogP contribution in [0.25, 0.3) is 16.7 Å². The quantitative estimate of drug-likeness (QED) is 0.315. The molecule has 9 nitrogen and oxygen atoms in total. The van der Waals surface area contributed by atoms with E-state index in [0.717, 1.165) is 31.5 Å². The van der Waals surface area contributed by atoms with Crippen LogP contribution in [0.15, 0.2) is 29.2 Å². The number of nitrogens with zero attached hydrogens (tertiary/aromatic N) is 4. The largest absolute Gasteiger partial charge is 0.379 e. The summed E-state index contributed by atoms with van der Waals surface area (Å²) in [7, 11) is 0. The summed E-state index contributed by atoms with van der Waals surface area (Å²) in [6.45, 7) is 8.83. The summed E-state index contributed by atoms with van der Waals surface area (Å²) in [4.78, 5) is 33.7. The van der Waals surface area contributed by atoms with Crippen molar-refractivity contribution in [1.82, 2.24) is 24.2 Å². The van der Waals surface area contributed by atoms with Crippen molar-refractivity contribution in [1.29, 1.82) is 5.41 Å². The Morgan fingerprint density at radius 3 is 2.64 bits per heavy atom. The number of pyridine rings is 2. The van der Waals surface area contributed by atoms with E-state index < -0.39 is 0 Å². The van der Waals surface area contributed by atoms with Gasteiger partial charge in [-0.3, -0.25) is 24.3 Å². The molecule has 1 aliphatic heterocycles. The monoisotopic (exact) mass is 494 g/mol. The number of aryl methyl sites for hydroxylation is 1. The first-order valence-electron chi connectivity index (χ1n) is 13.2. The molecule has 0 spiro atoms. The van der Waals surface area contributed by atoms with Crippen LogP contribution in [0.5, 0.6) is 0 Å². The van der Waals surface area contributed by atoms with Crippen molar-refractivity contribution in [3.05, 3.63) is 51.4 Å². The van der Waals surface area contributed by atoms with Crippen LogP contribution < -0.4 is 16.4 Å². The van der Waals surface area contributed by atoms with Gasteiger partial charge in [0.2, 0.25) is 0 Å². The lowest BCUT2D eigenvalue weighted by atomic mass is 10.1. The van der Waals surface area contributed by atoms with Crippen LogP contribution in [0.4, 0.5) is 0 Å². The Balaban J connectivity index is 1.66. The summed E-state index contributed by atoms with van der Waals surface area (Å²) >= 11 is 0. The van der Waals surface area contributed by atoms with Gasteiger partial charge in [-0.2, -0.15) is 0 Å². The van der Waals surface area contributed by atoms with Crippen LogP contribution in [-0.2, 0) is 11.3 Å². The topological polar surface area (TPSA) is 105 Å². The van der Waals surface area contributed by atoms with E-state index in [1.54, 1.807) is 16.8 Å². The number of aromatic nitrogens is 3. The zero-order chi connectivity index (χ0) is 25.5. The summed E-state index contributed by atoms with van der Waals surface area (Å²) in [5, 5.41) is 12.2. The second-order valence-electron chi connectivity index (χ2n) is 9.57. The van der Waals surface area contributed by atoms with Gasteiger partial charge >= 0.3 is 0 Å². The predicted octanol–water partition coefficient (Wildman–Crippen LogP) is 2.86. The van der Waals surface area contributed by atoms with E-state index in [-0.39, 0.29) is 22.5 Å². The number of carbonyl (C=O) groups is 1. The first-order valence-corrected chi connectivity index (χ1v) is 13.2. The average Bonchev–Trinajstić information content (AvgIpc) is 2.89. The number of rotatable bonds is 11. The molecule has 36 heavy (non-hydrogen) atoms. The van der Waals surface area contributed by atoms with Crippen molar-refractivity contribution in [2.24, 2.45) is 0 Å². The van der Waals surface area contributed by atoms with Gasteiger partial charge in [-0.05, 0) is 31.0 Å². The van der Waals surface area contributed by atoms with Gasteiger partial charge < -0.3 is 14.6 Å². The van der Waals surface area contributed by atoms with Gasteiger partial charge in [0.1, 0.15) is 16.8 Å². The first kappa shape index (κ1) is 26.0. The van der Waals surface area contributed by atoms with Gasteiger partial charge in [-0.15, -0.1) is 0 Å². The standard InChI is InChI=1S/C27H38N6O3/c1-3-4-5-6-7-8-11-29-26(34)21-19-22-25(30-24-20(2)10-9-12-33(24)27(22)35)32(23(21)28)14-13-31-15-17-36-18-16-31/h9-10,12,19,28H,3-8,11,13-18H2,1-2H3,(H,29,34). The van der Waals surface area contributed by atoms with Crippen molar-refractivity contribution < 1.29 is 9.53 Å². The summed E-state index contributed by atoms with van der Waals surface area (Å²) in [5.74, 6) is -0.315. The molecule has 1 fully saturated rings. The van der Waals surface area contributed by atoms with E-state index in [2.05, 4.69) is 17.1 Å². The van der Waals surface area contributed by atoms with Crippen LogP contribution in [0.1, 0.15) is 61.4 Å². The van der Waals surface area contributed by atoms with Gasteiger partial charge in [0, 0.05) is 38.9 Å². The lowest BCUT2D eigenvalue weighted by molar-refractivity contribution is 0.0363. The molecule has 1 aliphatic rings. The minimum Gasteiger partial charge on any atom is -0.379 e. The summed E-state index contributed by atoms with van der Waals surface area (Å²) in [6.07, 6.45) is 8.51. The Morgan fingerprint density at radius 2 is 1.86 bits per heavy atom. The molecular weight excluding hydrogens is 456 g/mol. The highest BCUT2D eigenvalue weighted by atomic mass is 16.5. The first-order chi connectivity index (χ1) is 17.5. The number of morpholine rings is 1. The van der Waals surface area contributed by atoms with Crippen LogP contribution in [0, 0.1) is 12.3 Å². The van der Waals surface area contributed by atoms with Crippen molar-refractivity contribution in [2.45, 2.75) is 58.9 Å². The number of carbonyl (C=O) groups excluding carboxylic acids is 1.